The Hall–Kier alpha value is -2.65. The van der Waals surface area contributed by atoms with Crippen molar-refractivity contribution in [1.29, 1.82) is 0 Å². The molecule has 2 N–H and O–H groups in total. The summed E-state index contributed by atoms with van der Waals surface area (Å²) in [7, 11) is 0. The lowest BCUT2D eigenvalue weighted by molar-refractivity contribution is -0.127. The summed E-state index contributed by atoms with van der Waals surface area (Å²) in [6, 6.07) is 9.94. The van der Waals surface area contributed by atoms with Crippen LogP contribution in [0.25, 0.3) is 6.08 Å². The van der Waals surface area contributed by atoms with Crippen LogP contribution in [0.3, 0.4) is 0 Å². The van der Waals surface area contributed by atoms with Gasteiger partial charge in [0.2, 0.25) is 5.91 Å². The minimum absolute atomic E-state index is 0.0503. The fourth-order valence-electron chi connectivity index (χ4n) is 2.31. The van der Waals surface area contributed by atoms with Crippen LogP contribution in [0.15, 0.2) is 51.8 Å². The Bertz CT molecular complexity index is 980. The van der Waals surface area contributed by atoms with E-state index < -0.39 is 29.4 Å². The first kappa shape index (κ1) is 19.1. The molecule has 1 heterocycles. The van der Waals surface area contributed by atoms with Crippen LogP contribution in [-0.4, -0.2) is 33.6 Å². The van der Waals surface area contributed by atoms with Gasteiger partial charge in [-0.05, 0) is 69.7 Å². The second kappa shape index (κ2) is 7.93. The summed E-state index contributed by atoms with van der Waals surface area (Å²) < 4.78 is 13.6. The van der Waals surface area contributed by atoms with E-state index in [1.54, 1.807) is 12.1 Å². The second-order valence-electron chi connectivity index (χ2n) is 5.54. The largest absolute Gasteiger partial charge is 0.507 e. The average molecular weight is 451 g/mol. The Kier molecular flexibility index (Phi) is 5.62. The van der Waals surface area contributed by atoms with Gasteiger partial charge in [0, 0.05) is 5.69 Å². The smallest absolute Gasteiger partial charge is 0.294 e. The number of hydrogen-bond donors (Lipinski definition) is 2. The molecule has 0 saturated carbocycles. The van der Waals surface area contributed by atoms with Crippen molar-refractivity contribution in [1.82, 2.24) is 4.90 Å². The number of halogens is 2. The fraction of sp³-hybridized carbons (Fsp3) is 0.0556. The molecule has 0 bridgehead atoms. The molecular weight excluding hydrogens is 439 g/mol. The van der Waals surface area contributed by atoms with Gasteiger partial charge in [0.1, 0.15) is 18.1 Å². The third-order valence-electron chi connectivity index (χ3n) is 3.55. The van der Waals surface area contributed by atoms with E-state index in [1.807, 2.05) is 0 Å². The fourth-order valence-corrected chi connectivity index (χ4v) is 3.55. The van der Waals surface area contributed by atoms with Crippen molar-refractivity contribution < 1.29 is 23.9 Å². The number of aromatic hydroxyl groups is 1. The minimum Gasteiger partial charge on any atom is -0.507 e. The lowest BCUT2D eigenvalue weighted by Gasteiger charge is -2.12. The Morgan fingerprint density at radius 1 is 1.26 bits per heavy atom. The zero-order valence-electron chi connectivity index (χ0n) is 13.6. The molecule has 138 valence electrons. The normalized spacial score (nSPS) is 15.5. The lowest BCUT2D eigenvalue weighted by Crippen LogP contribution is -2.36. The maximum Gasteiger partial charge on any atom is 0.294 e. The zero-order valence-corrected chi connectivity index (χ0v) is 16.0. The molecule has 0 aliphatic carbocycles. The number of amides is 3. The van der Waals surface area contributed by atoms with Crippen molar-refractivity contribution in [2.24, 2.45) is 0 Å². The molecule has 3 rings (SSSR count). The number of nitrogens with one attached hydrogen (secondary N) is 1. The summed E-state index contributed by atoms with van der Waals surface area (Å²) in [5, 5.41) is 11.4. The molecular formula is C18H12BrFN2O4S. The van der Waals surface area contributed by atoms with Crippen molar-refractivity contribution in [3.05, 3.63) is 63.2 Å². The van der Waals surface area contributed by atoms with E-state index in [-0.39, 0.29) is 16.3 Å². The van der Waals surface area contributed by atoms with Crippen molar-refractivity contribution in [3.63, 3.8) is 0 Å². The number of nitrogens with zero attached hydrogens (tertiary/aromatic N) is 1. The van der Waals surface area contributed by atoms with Crippen LogP contribution in [-0.2, 0) is 9.59 Å². The molecule has 1 aliphatic rings. The SMILES string of the molecule is O=C(CN1C(=O)S/C(=C/c2ccc(O)c(Br)c2)C1=O)Nc1cccc(F)c1. The molecule has 1 aliphatic heterocycles. The highest BCUT2D eigenvalue weighted by atomic mass is 79.9. The zero-order chi connectivity index (χ0) is 19.6. The van der Waals surface area contributed by atoms with Crippen LogP contribution in [0.4, 0.5) is 14.9 Å². The first-order valence-corrected chi connectivity index (χ1v) is 9.24. The van der Waals surface area contributed by atoms with Crippen molar-refractivity contribution >= 4 is 56.5 Å². The number of carbonyl (C=O) groups is 3. The summed E-state index contributed by atoms with van der Waals surface area (Å²) in [6.07, 6.45) is 1.50. The van der Waals surface area contributed by atoms with Crippen LogP contribution in [0.1, 0.15) is 5.56 Å². The molecule has 3 amide bonds. The number of thioether (sulfide) groups is 1. The van der Waals surface area contributed by atoms with Gasteiger partial charge in [-0.2, -0.15) is 0 Å². The maximum atomic E-state index is 13.2. The van der Waals surface area contributed by atoms with E-state index in [0.29, 0.717) is 10.0 Å². The van der Waals surface area contributed by atoms with Gasteiger partial charge in [0.05, 0.1) is 9.38 Å². The minimum atomic E-state index is -0.614. The summed E-state index contributed by atoms with van der Waals surface area (Å²) in [6.45, 7) is -0.474. The van der Waals surface area contributed by atoms with Crippen molar-refractivity contribution in [2.75, 3.05) is 11.9 Å². The summed E-state index contributed by atoms with van der Waals surface area (Å²) in [5.74, 6) is -1.67. The van der Waals surface area contributed by atoms with Crippen molar-refractivity contribution in [2.45, 2.75) is 0 Å². The van der Waals surface area contributed by atoms with Gasteiger partial charge in [-0.25, -0.2) is 4.39 Å². The molecule has 9 heteroatoms. The van der Waals surface area contributed by atoms with Gasteiger partial charge in [0.25, 0.3) is 11.1 Å². The topological polar surface area (TPSA) is 86.7 Å². The second-order valence-corrected chi connectivity index (χ2v) is 7.38. The molecule has 2 aromatic carbocycles. The molecule has 6 nitrogen and oxygen atoms in total. The lowest BCUT2D eigenvalue weighted by atomic mass is 10.2. The Morgan fingerprint density at radius 2 is 2.04 bits per heavy atom. The molecule has 0 atom stereocenters. The standard InChI is InChI=1S/C18H12BrFN2O4S/c19-13-6-10(4-5-14(13)23)7-15-17(25)22(18(26)27-15)9-16(24)21-12-3-1-2-11(20)8-12/h1-8,23H,9H2,(H,21,24)/b15-7+. The molecule has 0 spiro atoms. The number of phenols is 1. The molecule has 0 aromatic heterocycles. The number of phenolic OH excluding ortho intramolecular Hbond substituents is 1. The maximum absolute atomic E-state index is 13.2. The van der Waals surface area contributed by atoms with Gasteiger partial charge >= 0.3 is 0 Å². The number of anilines is 1. The van der Waals surface area contributed by atoms with Gasteiger partial charge < -0.3 is 10.4 Å². The highest BCUT2D eigenvalue weighted by Crippen LogP contribution is 2.33. The number of hydrogen-bond acceptors (Lipinski definition) is 5. The van der Waals surface area contributed by atoms with E-state index >= 15 is 0 Å². The quantitative estimate of drug-likeness (QED) is 0.688. The highest BCUT2D eigenvalue weighted by molar-refractivity contribution is 9.10. The van der Waals surface area contributed by atoms with Crippen LogP contribution >= 0.6 is 27.7 Å². The van der Waals surface area contributed by atoms with Gasteiger partial charge in [0.15, 0.2) is 0 Å². The van der Waals surface area contributed by atoms with E-state index in [0.717, 1.165) is 22.7 Å². The summed E-state index contributed by atoms with van der Waals surface area (Å²) in [5.41, 5.74) is 0.839. The number of carbonyl (C=O) groups excluding carboxylic acids is 3. The van der Waals surface area contributed by atoms with E-state index in [9.17, 15) is 23.9 Å². The van der Waals surface area contributed by atoms with Crippen LogP contribution < -0.4 is 5.32 Å². The van der Waals surface area contributed by atoms with Crippen LogP contribution in [0, 0.1) is 5.82 Å². The highest BCUT2D eigenvalue weighted by Gasteiger charge is 2.36. The summed E-state index contributed by atoms with van der Waals surface area (Å²) in [4.78, 5) is 37.6. The molecule has 0 unspecified atom stereocenters. The van der Waals surface area contributed by atoms with Crippen LogP contribution in [0.5, 0.6) is 5.75 Å². The predicted octanol–water partition coefficient (Wildman–Crippen LogP) is 3.97. The molecule has 1 fully saturated rings. The predicted molar refractivity (Wildman–Crippen MR) is 104 cm³/mol. The number of imide groups is 1. The molecule has 1 saturated heterocycles. The van der Waals surface area contributed by atoms with E-state index in [2.05, 4.69) is 21.2 Å². The molecule has 0 radical (unpaired) electrons. The van der Waals surface area contributed by atoms with Crippen LogP contribution in [0.2, 0.25) is 0 Å². The number of benzene rings is 2. The Morgan fingerprint density at radius 3 is 2.74 bits per heavy atom. The van der Waals surface area contributed by atoms with Gasteiger partial charge in [-0.15, -0.1) is 0 Å². The first-order valence-electron chi connectivity index (χ1n) is 7.63. The Balaban J connectivity index is 1.71. The van der Waals surface area contributed by atoms with E-state index in [4.69, 9.17) is 0 Å². The first-order chi connectivity index (χ1) is 12.8. The third kappa shape index (κ3) is 4.55. The van der Waals surface area contributed by atoms with Gasteiger partial charge in [-0.1, -0.05) is 12.1 Å². The van der Waals surface area contributed by atoms with Crippen molar-refractivity contribution in [3.8, 4) is 5.75 Å². The third-order valence-corrected chi connectivity index (χ3v) is 5.10. The van der Waals surface area contributed by atoms with Gasteiger partial charge in [-0.3, -0.25) is 19.3 Å². The average Bonchev–Trinajstić information content (AvgIpc) is 2.85. The summed E-state index contributed by atoms with van der Waals surface area (Å²) >= 11 is 3.89. The number of rotatable bonds is 4. The monoisotopic (exact) mass is 450 g/mol. The molecule has 27 heavy (non-hydrogen) atoms. The Labute approximate surface area is 166 Å². The molecule has 2 aromatic rings. The van der Waals surface area contributed by atoms with E-state index in [1.165, 1.54) is 30.3 Å².